The molecule has 0 radical (unpaired) electrons. The van der Waals surface area contributed by atoms with Crippen molar-refractivity contribution in [2.75, 3.05) is 0 Å². The van der Waals surface area contributed by atoms with Gasteiger partial charge in [-0.2, -0.15) is 0 Å². The van der Waals surface area contributed by atoms with E-state index in [-0.39, 0.29) is 0 Å². The van der Waals surface area contributed by atoms with E-state index in [1.807, 2.05) is 25.1 Å². The molecule has 0 aliphatic rings. The van der Waals surface area contributed by atoms with Gasteiger partial charge in [0.2, 0.25) is 0 Å². The molecule has 0 aromatic heterocycles. The highest BCUT2D eigenvalue weighted by atomic mass is 16.1. The molecule has 1 nitrogen and oxygen atoms in total. The molecule has 80 valence electrons. The molecule has 0 spiro atoms. The van der Waals surface area contributed by atoms with Crippen LogP contribution in [0.5, 0.6) is 0 Å². The van der Waals surface area contributed by atoms with E-state index in [2.05, 4.69) is 18.7 Å². The van der Waals surface area contributed by atoms with Crippen LogP contribution in [0.3, 0.4) is 0 Å². The van der Waals surface area contributed by atoms with Crippen LogP contribution >= 0.6 is 0 Å². The predicted molar refractivity (Wildman–Crippen MR) is 63.8 cm³/mol. The number of ketones is 1. The molecule has 0 saturated heterocycles. The van der Waals surface area contributed by atoms with Crippen LogP contribution in [0.1, 0.15) is 31.7 Å². The van der Waals surface area contributed by atoms with Crippen molar-refractivity contribution in [2.24, 2.45) is 0 Å². The van der Waals surface area contributed by atoms with Gasteiger partial charge in [0.1, 0.15) is 5.78 Å². The Morgan fingerprint density at radius 2 is 1.93 bits per heavy atom. The van der Waals surface area contributed by atoms with Gasteiger partial charge in [0.25, 0.3) is 0 Å². The molecule has 0 atom stereocenters. The summed E-state index contributed by atoms with van der Waals surface area (Å²) >= 11 is 0. The quantitative estimate of drug-likeness (QED) is 0.645. The number of aryl methyl sites for hydroxylation is 1. The number of carbonyl (C=O) groups excluding carboxylic acids is 1. The minimum Gasteiger partial charge on any atom is -0.299 e. The van der Waals surface area contributed by atoms with Crippen LogP contribution in [0, 0.1) is 0 Å². The SMILES string of the molecule is C=C(CC)CC(=O)CCc1ccccc1. The fraction of sp³-hybridized carbons (Fsp3) is 0.357. The van der Waals surface area contributed by atoms with Gasteiger partial charge in [-0.15, -0.1) is 0 Å². The third-order valence-electron chi connectivity index (χ3n) is 2.48. The summed E-state index contributed by atoms with van der Waals surface area (Å²) in [6, 6.07) is 10.1. The zero-order chi connectivity index (χ0) is 11.1. The van der Waals surface area contributed by atoms with E-state index < -0.39 is 0 Å². The number of rotatable bonds is 6. The van der Waals surface area contributed by atoms with Crippen LogP contribution in [-0.2, 0) is 11.2 Å². The van der Waals surface area contributed by atoms with Crippen molar-refractivity contribution in [3.05, 3.63) is 48.0 Å². The Kier molecular flexibility index (Phi) is 4.82. The number of hydrogen-bond donors (Lipinski definition) is 0. The summed E-state index contributed by atoms with van der Waals surface area (Å²) in [5, 5.41) is 0. The molecule has 1 rings (SSSR count). The van der Waals surface area contributed by atoms with Crippen LogP contribution in [-0.4, -0.2) is 5.78 Å². The Morgan fingerprint density at radius 3 is 2.53 bits per heavy atom. The van der Waals surface area contributed by atoms with E-state index in [4.69, 9.17) is 0 Å². The Hall–Kier alpha value is -1.37. The van der Waals surface area contributed by atoms with Crippen molar-refractivity contribution < 1.29 is 4.79 Å². The topological polar surface area (TPSA) is 17.1 Å². The van der Waals surface area contributed by atoms with Crippen molar-refractivity contribution in [2.45, 2.75) is 32.6 Å². The van der Waals surface area contributed by atoms with Crippen LogP contribution in [0.25, 0.3) is 0 Å². The van der Waals surface area contributed by atoms with E-state index in [1.165, 1.54) is 5.56 Å². The molecule has 15 heavy (non-hydrogen) atoms. The average Bonchev–Trinajstić information content (AvgIpc) is 2.27. The van der Waals surface area contributed by atoms with Crippen molar-refractivity contribution in [3.63, 3.8) is 0 Å². The molecular formula is C14H18O. The van der Waals surface area contributed by atoms with Gasteiger partial charge >= 0.3 is 0 Å². The molecule has 0 aliphatic carbocycles. The molecule has 0 saturated carbocycles. The normalized spacial score (nSPS) is 9.93. The molecule has 0 fully saturated rings. The van der Waals surface area contributed by atoms with Gasteiger partial charge in [0, 0.05) is 12.8 Å². The second-order valence-electron chi connectivity index (χ2n) is 3.80. The highest BCUT2D eigenvalue weighted by Crippen LogP contribution is 2.08. The van der Waals surface area contributed by atoms with Crippen LogP contribution in [0.15, 0.2) is 42.5 Å². The van der Waals surface area contributed by atoms with Gasteiger partial charge in [0.05, 0.1) is 0 Å². The van der Waals surface area contributed by atoms with Crippen molar-refractivity contribution in [3.8, 4) is 0 Å². The van der Waals surface area contributed by atoms with Crippen molar-refractivity contribution in [1.29, 1.82) is 0 Å². The smallest absolute Gasteiger partial charge is 0.137 e. The average molecular weight is 202 g/mol. The first-order valence-electron chi connectivity index (χ1n) is 5.44. The van der Waals surface area contributed by atoms with Crippen LogP contribution < -0.4 is 0 Å². The van der Waals surface area contributed by atoms with Gasteiger partial charge in [-0.1, -0.05) is 49.4 Å². The first-order valence-corrected chi connectivity index (χ1v) is 5.44. The number of allylic oxidation sites excluding steroid dienone is 1. The van der Waals surface area contributed by atoms with Gasteiger partial charge in [-0.05, 0) is 18.4 Å². The van der Waals surface area contributed by atoms with E-state index in [0.29, 0.717) is 18.6 Å². The first-order chi connectivity index (χ1) is 7.22. The minimum absolute atomic E-state index is 0.297. The predicted octanol–water partition coefficient (Wildman–Crippen LogP) is 3.54. The van der Waals surface area contributed by atoms with Gasteiger partial charge in [0.15, 0.2) is 0 Å². The second-order valence-corrected chi connectivity index (χ2v) is 3.80. The maximum absolute atomic E-state index is 11.5. The largest absolute Gasteiger partial charge is 0.299 e. The summed E-state index contributed by atoms with van der Waals surface area (Å²) in [7, 11) is 0. The lowest BCUT2D eigenvalue weighted by atomic mass is 10.0. The number of hydrogen-bond acceptors (Lipinski definition) is 1. The van der Waals surface area contributed by atoms with E-state index >= 15 is 0 Å². The van der Waals surface area contributed by atoms with Crippen LogP contribution in [0.4, 0.5) is 0 Å². The molecule has 0 heterocycles. The highest BCUT2D eigenvalue weighted by molar-refractivity contribution is 5.80. The molecule has 0 N–H and O–H groups in total. The minimum atomic E-state index is 0.297. The van der Waals surface area contributed by atoms with E-state index in [1.54, 1.807) is 0 Å². The fourth-order valence-corrected chi connectivity index (χ4v) is 1.42. The first kappa shape index (κ1) is 11.7. The highest BCUT2D eigenvalue weighted by Gasteiger charge is 2.03. The van der Waals surface area contributed by atoms with Crippen molar-refractivity contribution >= 4 is 5.78 Å². The van der Waals surface area contributed by atoms with Gasteiger partial charge < -0.3 is 0 Å². The summed E-state index contributed by atoms with van der Waals surface area (Å²) in [4.78, 5) is 11.5. The zero-order valence-electron chi connectivity index (χ0n) is 9.33. The molecule has 0 unspecified atom stereocenters. The monoisotopic (exact) mass is 202 g/mol. The lowest BCUT2D eigenvalue weighted by molar-refractivity contribution is -0.118. The standard InChI is InChI=1S/C14H18O/c1-3-12(2)11-14(15)10-9-13-7-5-4-6-8-13/h4-8H,2-3,9-11H2,1H3. The lowest BCUT2D eigenvalue weighted by Gasteiger charge is -2.02. The number of benzene rings is 1. The summed E-state index contributed by atoms with van der Waals surface area (Å²) < 4.78 is 0. The number of carbonyl (C=O) groups is 1. The molecule has 1 aromatic rings. The molecule has 0 aliphatic heterocycles. The fourth-order valence-electron chi connectivity index (χ4n) is 1.42. The molecular weight excluding hydrogens is 184 g/mol. The molecule has 1 aromatic carbocycles. The number of Topliss-reactive ketones (excluding diaryl/α,β-unsaturated/α-hetero) is 1. The second kappa shape index (κ2) is 6.18. The zero-order valence-corrected chi connectivity index (χ0v) is 9.33. The Bertz CT molecular complexity index is 324. The maximum atomic E-state index is 11.5. The Morgan fingerprint density at radius 1 is 1.27 bits per heavy atom. The molecule has 0 amide bonds. The maximum Gasteiger partial charge on any atom is 0.137 e. The van der Waals surface area contributed by atoms with Crippen LogP contribution in [0.2, 0.25) is 0 Å². The summed E-state index contributed by atoms with van der Waals surface area (Å²) in [6.07, 6.45) is 2.92. The van der Waals surface area contributed by atoms with Gasteiger partial charge in [-0.25, -0.2) is 0 Å². The van der Waals surface area contributed by atoms with Crippen molar-refractivity contribution in [1.82, 2.24) is 0 Å². The summed E-state index contributed by atoms with van der Waals surface area (Å²) in [6.45, 7) is 5.88. The molecule has 1 heteroatoms. The van der Waals surface area contributed by atoms with Gasteiger partial charge in [-0.3, -0.25) is 4.79 Å². The Balaban J connectivity index is 2.32. The summed E-state index contributed by atoms with van der Waals surface area (Å²) in [5.41, 5.74) is 2.26. The third-order valence-corrected chi connectivity index (χ3v) is 2.48. The third kappa shape index (κ3) is 4.59. The summed E-state index contributed by atoms with van der Waals surface area (Å²) in [5.74, 6) is 0.297. The van der Waals surface area contributed by atoms with E-state index in [9.17, 15) is 4.79 Å². The molecule has 0 bridgehead atoms. The lowest BCUT2D eigenvalue weighted by Crippen LogP contribution is -2.01. The van der Waals surface area contributed by atoms with E-state index in [0.717, 1.165) is 18.4 Å². The Labute approximate surface area is 91.8 Å².